The molecule has 2 rings (SSSR count). The monoisotopic (exact) mass is 164 g/mol. The highest BCUT2D eigenvalue weighted by Gasteiger charge is 2.09. The van der Waals surface area contributed by atoms with Crippen LogP contribution in [0.15, 0.2) is 12.1 Å². The van der Waals surface area contributed by atoms with E-state index in [1.807, 2.05) is 20.8 Å². The Bertz CT molecular complexity index is 256. The van der Waals surface area contributed by atoms with E-state index in [9.17, 15) is 0 Å². The first-order chi connectivity index (χ1) is 5.86. The molecule has 0 saturated carbocycles. The van der Waals surface area contributed by atoms with Crippen molar-refractivity contribution < 1.29 is 0 Å². The summed E-state index contributed by atoms with van der Waals surface area (Å²) in [5.74, 6) is 1.08. The van der Waals surface area contributed by atoms with Crippen LogP contribution in [-0.4, -0.2) is 11.5 Å². The van der Waals surface area contributed by atoms with Gasteiger partial charge in [-0.3, -0.25) is 0 Å². The molecule has 0 radical (unpaired) electrons. The number of aryl methyl sites for hydroxylation is 1. The number of anilines is 1. The van der Waals surface area contributed by atoms with Gasteiger partial charge < -0.3 is 5.32 Å². The van der Waals surface area contributed by atoms with Crippen molar-refractivity contribution in [2.45, 2.75) is 27.2 Å². The summed E-state index contributed by atoms with van der Waals surface area (Å²) in [6, 6.07) is 4.21. The lowest BCUT2D eigenvalue weighted by molar-refractivity contribution is 1.11. The predicted molar refractivity (Wildman–Crippen MR) is 52.5 cm³/mol. The Labute approximate surface area is 74.0 Å². The molecule has 2 nitrogen and oxygen atoms in total. The number of fused-ring (bicyclic) bond motifs is 1. The quantitative estimate of drug-likeness (QED) is 0.636. The number of pyridine rings is 1. The minimum atomic E-state index is 1.05. The smallest absolute Gasteiger partial charge is 0.129 e. The summed E-state index contributed by atoms with van der Waals surface area (Å²) in [6.07, 6.45) is 1.13. The molecule has 0 bridgehead atoms. The van der Waals surface area contributed by atoms with Gasteiger partial charge >= 0.3 is 0 Å². The number of hydrogen-bond donors (Lipinski definition) is 1. The molecule has 0 amide bonds. The van der Waals surface area contributed by atoms with Crippen molar-refractivity contribution in [3.8, 4) is 0 Å². The standard InChI is InChI=1S/C8H10N2.C2H6/c1-6-2-3-7-4-5-9-8(7)10-6;1-2/h2-3H,4-5H2,1H3,(H,9,10);1-2H3. The molecule has 66 valence electrons. The van der Waals surface area contributed by atoms with Crippen LogP contribution in [0.25, 0.3) is 0 Å². The molecule has 0 spiro atoms. The summed E-state index contributed by atoms with van der Waals surface area (Å²) in [4.78, 5) is 4.34. The number of nitrogens with one attached hydrogen (secondary N) is 1. The minimum Gasteiger partial charge on any atom is -0.370 e. The highest BCUT2D eigenvalue weighted by atomic mass is 15.0. The molecule has 0 fully saturated rings. The van der Waals surface area contributed by atoms with Crippen molar-refractivity contribution in [3.63, 3.8) is 0 Å². The van der Waals surface area contributed by atoms with Crippen molar-refractivity contribution in [2.75, 3.05) is 11.9 Å². The first-order valence-electron chi connectivity index (χ1n) is 4.57. The van der Waals surface area contributed by atoms with E-state index in [0.29, 0.717) is 0 Å². The highest BCUT2D eigenvalue weighted by Crippen LogP contribution is 2.18. The van der Waals surface area contributed by atoms with Crippen molar-refractivity contribution in [1.82, 2.24) is 4.98 Å². The molecule has 1 aliphatic heterocycles. The summed E-state index contributed by atoms with van der Waals surface area (Å²) in [7, 11) is 0. The van der Waals surface area contributed by atoms with Crippen molar-refractivity contribution in [2.24, 2.45) is 0 Å². The maximum absolute atomic E-state index is 4.34. The fourth-order valence-corrected chi connectivity index (χ4v) is 1.26. The number of hydrogen-bond acceptors (Lipinski definition) is 2. The number of nitrogens with zero attached hydrogens (tertiary/aromatic N) is 1. The third-order valence-corrected chi connectivity index (χ3v) is 1.80. The maximum atomic E-state index is 4.34. The lowest BCUT2D eigenvalue weighted by atomic mass is 10.2. The first-order valence-corrected chi connectivity index (χ1v) is 4.57. The lowest BCUT2D eigenvalue weighted by Gasteiger charge is -1.97. The molecule has 0 aliphatic carbocycles. The van der Waals surface area contributed by atoms with Gasteiger partial charge in [-0.25, -0.2) is 4.98 Å². The summed E-state index contributed by atoms with van der Waals surface area (Å²) >= 11 is 0. The van der Waals surface area contributed by atoms with Crippen LogP contribution in [-0.2, 0) is 6.42 Å². The molecular formula is C10H16N2. The lowest BCUT2D eigenvalue weighted by Crippen LogP contribution is -1.93. The van der Waals surface area contributed by atoms with E-state index in [0.717, 1.165) is 24.5 Å². The molecule has 1 N–H and O–H groups in total. The van der Waals surface area contributed by atoms with Crippen molar-refractivity contribution in [3.05, 3.63) is 23.4 Å². The van der Waals surface area contributed by atoms with Crippen LogP contribution in [0.4, 0.5) is 5.82 Å². The number of rotatable bonds is 0. The van der Waals surface area contributed by atoms with Gasteiger partial charge in [0.15, 0.2) is 0 Å². The third kappa shape index (κ3) is 1.76. The number of aromatic nitrogens is 1. The Hall–Kier alpha value is -1.05. The van der Waals surface area contributed by atoms with E-state index in [1.165, 1.54) is 5.56 Å². The van der Waals surface area contributed by atoms with Crippen LogP contribution in [0, 0.1) is 6.92 Å². The van der Waals surface area contributed by atoms with Gasteiger partial charge in [0.1, 0.15) is 5.82 Å². The van der Waals surface area contributed by atoms with Gasteiger partial charge in [-0.05, 0) is 25.0 Å². The topological polar surface area (TPSA) is 24.9 Å². The normalized spacial score (nSPS) is 12.6. The highest BCUT2D eigenvalue weighted by molar-refractivity contribution is 5.49. The summed E-state index contributed by atoms with van der Waals surface area (Å²) in [5.41, 5.74) is 2.44. The van der Waals surface area contributed by atoms with Crippen LogP contribution in [0.2, 0.25) is 0 Å². The second kappa shape index (κ2) is 4.10. The Morgan fingerprint density at radius 3 is 2.83 bits per heavy atom. The second-order valence-electron chi connectivity index (χ2n) is 2.64. The van der Waals surface area contributed by atoms with E-state index in [4.69, 9.17) is 0 Å². The zero-order valence-corrected chi connectivity index (χ0v) is 8.02. The van der Waals surface area contributed by atoms with E-state index < -0.39 is 0 Å². The van der Waals surface area contributed by atoms with Gasteiger partial charge in [0, 0.05) is 12.2 Å². The molecule has 0 saturated heterocycles. The fourth-order valence-electron chi connectivity index (χ4n) is 1.26. The van der Waals surface area contributed by atoms with Gasteiger partial charge in [-0.1, -0.05) is 19.9 Å². The molecule has 1 aliphatic rings. The molecule has 1 aromatic rings. The first kappa shape index (κ1) is 9.04. The molecular weight excluding hydrogens is 148 g/mol. The average molecular weight is 164 g/mol. The Morgan fingerprint density at radius 1 is 1.33 bits per heavy atom. The SMILES string of the molecule is CC.Cc1ccc2c(n1)NCC2. The van der Waals surface area contributed by atoms with Gasteiger partial charge in [0.2, 0.25) is 0 Å². The largest absolute Gasteiger partial charge is 0.370 e. The maximum Gasteiger partial charge on any atom is 0.129 e. The van der Waals surface area contributed by atoms with Crippen LogP contribution < -0.4 is 5.32 Å². The van der Waals surface area contributed by atoms with Crippen molar-refractivity contribution >= 4 is 5.82 Å². The summed E-state index contributed by atoms with van der Waals surface area (Å²) < 4.78 is 0. The van der Waals surface area contributed by atoms with Gasteiger partial charge in [-0.2, -0.15) is 0 Å². The fraction of sp³-hybridized carbons (Fsp3) is 0.500. The molecule has 0 aromatic carbocycles. The van der Waals surface area contributed by atoms with Crippen LogP contribution >= 0.6 is 0 Å². The van der Waals surface area contributed by atoms with Crippen LogP contribution in [0.3, 0.4) is 0 Å². The van der Waals surface area contributed by atoms with E-state index in [2.05, 4.69) is 22.4 Å². The van der Waals surface area contributed by atoms with Crippen molar-refractivity contribution in [1.29, 1.82) is 0 Å². The second-order valence-corrected chi connectivity index (χ2v) is 2.64. The van der Waals surface area contributed by atoms with E-state index in [-0.39, 0.29) is 0 Å². The van der Waals surface area contributed by atoms with Gasteiger partial charge in [0.05, 0.1) is 0 Å². The Kier molecular flexibility index (Phi) is 3.09. The Balaban J connectivity index is 0.000000336. The van der Waals surface area contributed by atoms with Crippen LogP contribution in [0.5, 0.6) is 0 Å². The molecule has 12 heavy (non-hydrogen) atoms. The molecule has 0 atom stereocenters. The van der Waals surface area contributed by atoms with E-state index in [1.54, 1.807) is 0 Å². The van der Waals surface area contributed by atoms with Gasteiger partial charge in [0.25, 0.3) is 0 Å². The molecule has 2 heteroatoms. The zero-order chi connectivity index (χ0) is 8.97. The predicted octanol–water partition coefficient (Wildman–Crippen LogP) is 2.38. The molecule has 0 unspecified atom stereocenters. The van der Waals surface area contributed by atoms with Crippen LogP contribution in [0.1, 0.15) is 25.1 Å². The summed E-state index contributed by atoms with van der Waals surface area (Å²) in [6.45, 7) is 7.06. The average Bonchev–Trinajstić information content (AvgIpc) is 2.54. The van der Waals surface area contributed by atoms with Gasteiger partial charge in [-0.15, -0.1) is 0 Å². The summed E-state index contributed by atoms with van der Waals surface area (Å²) in [5, 5.41) is 3.23. The molecule has 2 heterocycles. The van der Waals surface area contributed by atoms with E-state index >= 15 is 0 Å². The Morgan fingerprint density at radius 2 is 2.08 bits per heavy atom. The zero-order valence-electron chi connectivity index (χ0n) is 8.02. The molecule has 1 aromatic heterocycles. The minimum absolute atomic E-state index is 1.05. The third-order valence-electron chi connectivity index (χ3n) is 1.80.